The highest BCUT2D eigenvalue weighted by Gasteiger charge is 2.28. The van der Waals surface area contributed by atoms with E-state index < -0.39 is 0 Å². The first-order valence-electron chi connectivity index (χ1n) is 7.26. The Balaban J connectivity index is 2.03. The molecule has 1 unspecified atom stereocenters. The molecule has 0 aromatic heterocycles. The second-order valence-electron chi connectivity index (χ2n) is 5.33. The summed E-state index contributed by atoms with van der Waals surface area (Å²) in [5, 5.41) is 6.26. The minimum absolute atomic E-state index is 0.0709. The van der Waals surface area contributed by atoms with Gasteiger partial charge in [-0.25, -0.2) is 5.01 Å². The number of hydrogen-bond donors (Lipinski definition) is 0. The molecule has 3 rings (SSSR count). The molecule has 1 fully saturated rings. The topological polar surface area (TPSA) is 32.7 Å². The minimum atomic E-state index is 0.0709. The third-order valence-electron chi connectivity index (χ3n) is 3.77. The average Bonchev–Trinajstić information content (AvgIpc) is 2.86. The van der Waals surface area contributed by atoms with Crippen molar-refractivity contribution in [1.82, 2.24) is 5.01 Å². The lowest BCUT2D eigenvalue weighted by molar-refractivity contribution is -0.130. The first-order valence-corrected chi connectivity index (χ1v) is 7.26. The van der Waals surface area contributed by atoms with Crippen molar-refractivity contribution in [3.05, 3.63) is 71.8 Å². The van der Waals surface area contributed by atoms with Gasteiger partial charge in [0.05, 0.1) is 5.71 Å². The van der Waals surface area contributed by atoms with Gasteiger partial charge in [0, 0.05) is 23.6 Å². The number of benzene rings is 2. The van der Waals surface area contributed by atoms with Crippen molar-refractivity contribution in [1.29, 1.82) is 0 Å². The zero-order valence-corrected chi connectivity index (χ0v) is 12.1. The van der Waals surface area contributed by atoms with E-state index in [-0.39, 0.29) is 11.8 Å². The van der Waals surface area contributed by atoms with Crippen molar-refractivity contribution < 1.29 is 4.79 Å². The Morgan fingerprint density at radius 3 is 1.95 bits per heavy atom. The number of carbonyl (C=O) groups is 1. The van der Waals surface area contributed by atoms with Crippen LogP contribution in [0.3, 0.4) is 0 Å². The quantitative estimate of drug-likeness (QED) is 0.793. The van der Waals surface area contributed by atoms with Crippen molar-refractivity contribution >= 4 is 11.6 Å². The van der Waals surface area contributed by atoms with Gasteiger partial charge in [-0.1, -0.05) is 67.6 Å². The summed E-state index contributed by atoms with van der Waals surface area (Å²) in [5.74, 6) is 0.181. The van der Waals surface area contributed by atoms with E-state index in [0.717, 1.165) is 23.3 Å². The van der Waals surface area contributed by atoms with Crippen LogP contribution in [0.2, 0.25) is 0 Å². The van der Waals surface area contributed by atoms with Crippen LogP contribution >= 0.6 is 0 Å². The largest absolute Gasteiger partial charge is 0.273 e. The number of amides is 1. The van der Waals surface area contributed by atoms with Crippen LogP contribution in [-0.4, -0.2) is 23.2 Å². The maximum absolute atomic E-state index is 12.1. The molecule has 0 bridgehead atoms. The first kappa shape index (κ1) is 13.6. The molecule has 3 heteroatoms. The zero-order chi connectivity index (χ0) is 14.7. The summed E-state index contributed by atoms with van der Waals surface area (Å²) in [4.78, 5) is 12.1. The van der Waals surface area contributed by atoms with Crippen LogP contribution in [0.4, 0.5) is 0 Å². The number of hydrazone groups is 1. The molecular weight excluding hydrogens is 260 g/mol. The normalized spacial score (nSPS) is 17.9. The van der Waals surface area contributed by atoms with Gasteiger partial charge in [0.15, 0.2) is 0 Å². The molecule has 1 amide bonds. The predicted molar refractivity (Wildman–Crippen MR) is 84.0 cm³/mol. The Labute approximate surface area is 124 Å². The fraction of sp³-hybridized carbons (Fsp3) is 0.222. The number of nitrogens with zero attached hydrogens (tertiary/aromatic N) is 2. The van der Waals surface area contributed by atoms with Crippen molar-refractivity contribution in [3.8, 4) is 0 Å². The maximum atomic E-state index is 12.1. The van der Waals surface area contributed by atoms with Crippen LogP contribution in [0.5, 0.6) is 0 Å². The Morgan fingerprint density at radius 2 is 1.52 bits per heavy atom. The molecule has 1 aliphatic rings. The van der Waals surface area contributed by atoms with Crippen molar-refractivity contribution in [2.45, 2.75) is 13.3 Å². The van der Waals surface area contributed by atoms with Crippen molar-refractivity contribution in [2.75, 3.05) is 6.54 Å². The fourth-order valence-corrected chi connectivity index (χ4v) is 2.50. The third-order valence-corrected chi connectivity index (χ3v) is 3.77. The summed E-state index contributed by atoms with van der Waals surface area (Å²) >= 11 is 0. The number of carbonyl (C=O) groups excluding carboxylic acids is 1. The van der Waals surface area contributed by atoms with Crippen LogP contribution in [0.1, 0.15) is 24.5 Å². The summed E-state index contributed by atoms with van der Waals surface area (Å²) in [6, 6.07) is 20.0. The van der Waals surface area contributed by atoms with Gasteiger partial charge in [-0.2, -0.15) is 5.10 Å². The van der Waals surface area contributed by atoms with Crippen molar-refractivity contribution in [3.63, 3.8) is 0 Å². The molecule has 0 saturated carbocycles. The van der Waals surface area contributed by atoms with Gasteiger partial charge in [-0.05, 0) is 6.42 Å². The van der Waals surface area contributed by atoms with Gasteiger partial charge in [-0.15, -0.1) is 0 Å². The monoisotopic (exact) mass is 278 g/mol. The minimum Gasteiger partial charge on any atom is -0.273 e. The van der Waals surface area contributed by atoms with Crippen molar-refractivity contribution in [2.24, 2.45) is 11.0 Å². The Kier molecular flexibility index (Phi) is 3.82. The SMILES string of the molecule is CC1CCN(N=C(c2ccccc2)c2ccccc2)C1=O. The molecule has 2 aromatic carbocycles. The third kappa shape index (κ3) is 2.87. The highest BCUT2D eigenvalue weighted by molar-refractivity contribution is 6.13. The van der Waals surface area contributed by atoms with E-state index in [0.29, 0.717) is 6.54 Å². The smallest absolute Gasteiger partial charge is 0.245 e. The van der Waals surface area contributed by atoms with Crippen LogP contribution in [0, 0.1) is 5.92 Å². The molecule has 0 radical (unpaired) electrons. The van der Waals surface area contributed by atoms with Gasteiger partial charge in [-0.3, -0.25) is 4.79 Å². The van der Waals surface area contributed by atoms with E-state index in [4.69, 9.17) is 0 Å². The van der Waals surface area contributed by atoms with Gasteiger partial charge < -0.3 is 0 Å². The Bertz CT molecular complexity index is 608. The van der Waals surface area contributed by atoms with Gasteiger partial charge in [0.2, 0.25) is 5.91 Å². The summed E-state index contributed by atoms with van der Waals surface area (Å²) in [7, 11) is 0. The van der Waals surface area contributed by atoms with Crippen LogP contribution in [-0.2, 0) is 4.79 Å². The molecule has 0 N–H and O–H groups in total. The molecule has 1 atom stereocenters. The Hall–Kier alpha value is -2.42. The lowest BCUT2D eigenvalue weighted by Crippen LogP contribution is -2.23. The first-order chi connectivity index (χ1) is 10.3. The van der Waals surface area contributed by atoms with Crippen LogP contribution in [0.15, 0.2) is 65.8 Å². The summed E-state index contributed by atoms with van der Waals surface area (Å²) < 4.78 is 0. The fourth-order valence-electron chi connectivity index (χ4n) is 2.50. The molecular formula is C18H18N2O. The second kappa shape index (κ2) is 5.92. The van der Waals surface area contributed by atoms with E-state index >= 15 is 0 Å². The van der Waals surface area contributed by atoms with Gasteiger partial charge in [0.1, 0.15) is 0 Å². The van der Waals surface area contributed by atoms with Gasteiger partial charge in [0.25, 0.3) is 0 Å². The zero-order valence-electron chi connectivity index (χ0n) is 12.1. The van der Waals surface area contributed by atoms with E-state index in [1.807, 2.05) is 67.6 Å². The summed E-state index contributed by atoms with van der Waals surface area (Å²) in [6.45, 7) is 2.66. The molecule has 3 nitrogen and oxygen atoms in total. The lowest BCUT2D eigenvalue weighted by atomic mass is 10.0. The second-order valence-corrected chi connectivity index (χ2v) is 5.33. The Morgan fingerprint density at radius 1 is 1.00 bits per heavy atom. The number of hydrogen-bond acceptors (Lipinski definition) is 2. The summed E-state index contributed by atoms with van der Waals surface area (Å²) in [5.41, 5.74) is 2.89. The number of rotatable bonds is 3. The van der Waals surface area contributed by atoms with Crippen LogP contribution < -0.4 is 0 Å². The molecule has 0 aliphatic carbocycles. The van der Waals surface area contributed by atoms with Crippen LogP contribution in [0.25, 0.3) is 0 Å². The van der Waals surface area contributed by atoms with Gasteiger partial charge >= 0.3 is 0 Å². The molecule has 1 saturated heterocycles. The molecule has 0 spiro atoms. The predicted octanol–water partition coefficient (Wildman–Crippen LogP) is 3.31. The molecule has 1 heterocycles. The van der Waals surface area contributed by atoms with E-state index in [9.17, 15) is 4.79 Å². The highest BCUT2D eigenvalue weighted by atomic mass is 16.2. The van der Waals surface area contributed by atoms with E-state index in [2.05, 4.69) is 5.10 Å². The maximum Gasteiger partial charge on any atom is 0.245 e. The highest BCUT2D eigenvalue weighted by Crippen LogP contribution is 2.19. The molecule has 21 heavy (non-hydrogen) atoms. The lowest BCUT2D eigenvalue weighted by Gasteiger charge is -2.14. The average molecular weight is 278 g/mol. The van der Waals surface area contributed by atoms with E-state index in [1.165, 1.54) is 0 Å². The van der Waals surface area contributed by atoms with E-state index in [1.54, 1.807) is 5.01 Å². The summed E-state index contributed by atoms with van der Waals surface area (Å²) in [6.07, 6.45) is 0.874. The standard InChI is InChI=1S/C18H18N2O/c1-14-12-13-20(18(14)21)19-17(15-8-4-2-5-9-15)16-10-6-3-7-11-16/h2-11,14H,12-13H2,1H3. The molecule has 106 valence electrons. The molecule has 1 aliphatic heterocycles. The molecule has 2 aromatic rings.